The number of carbonyl (C=O) groups is 2. The van der Waals surface area contributed by atoms with E-state index < -0.39 is 0 Å². The predicted molar refractivity (Wildman–Crippen MR) is 146 cm³/mol. The van der Waals surface area contributed by atoms with Crippen LogP contribution in [0.5, 0.6) is 5.75 Å². The van der Waals surface area contributed by atoms with Crippen LogP contribution in [0.25, 0.3) is 0 Å². The fourth-order valence-electron chi connectivity index (χ4n) is 4.30. The number of hydrogen-bond donors (Lipinski definition) is 0. The first-order valence-corrected chi connectivity index (χ1v) is 13.6. The van der Waals surface area contributed by atoms with Gasteiger partial charge in [-0.25, -0.2) is 4.39 Å². The zero-order chi connectivity index (χ0) is 26.9. The van der Waals surface area contributed by atoms with E-state index in [0.29, 0.717) is 50.7 Å². The molecular weight excluding hydrogens is 505 g/mol. The number of carbonyl (C=O) groups excluding carboxylic acids is 2. The van der Waals surface area contributed by atoms with E-state index in [4.69, 9.17) is 9.47 Å². The topological polar surface area (TPSA) is 62.3 Å². The van der Waals surface area contributed by atoms with Crippen molar-refractivity contribution in [2.75, 3.05) is 53.0 Å². The molecule has 3 aromatic rings. The van der Waals surface area contributed by atoms with Crippen LogP contribution >= 0.6 is 11.3 Å². The summed E-state index contributed by atoms with van der Waals surface area (Å²) in [5.41, 5.74) is 2.44. The van der Waals surface area contributed by atoms with Crippen molar-refractivity contribution >= 4 is 23.2 Å². The van der Waals surface area contributed by atoms with Crippen LogP contribution in [0.3, 0.4) is 0 Å². The second kappa shape index (κ2) is 13.5. The standard InChI is InChI=1S/C29H34FN3O4S/c1-22-11-18-38-27(22)20-33(19-23-3-7-25(30)8-4-23)28(34)21-32(13-12-31-14-16-37-17-15-31)29(35)24-5-9-26(36-2)10-6-24/h3-11,18H,12-17,19-21H2,1-2H3. The summed E-state index contributed by atoms with van der Waals surface area (Å²) in [6.07, 6.45) is 0. The Hall–Kier alpha value is -3.27. The Morgan fingerprint density at radius 1 is 1.00 bits per heavy atom. The third-order valence-electron chi connectivity index (χ3n) is 6.68. The largest absolute Gasteiger partial charge is 0.497 e. The number of methoxy groups -OCH3 is 1. The SMILES string of the molecule is COc1ccc(C(=O)N(CCN2CCOCC2)CC(=O)N(Cc2ccc(F)cc2)Cc2sccc2C)cc1. The maximum atomic E-state index is 13.8. The lowest BCUT2D eigenvalue weighted by atomic mass is 10.1. The number of thiophene rings is 1. The Labute approximate surface area is 227 Å². The van der Waals surface area contributed by atoms with E-state index in [1.165, 1.54) is 12.1 Å². The molecule has 0 N–H and O–H groups in total. The lowest BCUT2D eigenvalue weighted by Gasteiger charge is -2.31. The molecule has 1 saturated heterocycles. The van der Waals surface area contributed by atoms with Crippen LogP contribution in [0.1, 0.15) is 26.4 Å². The molecule has 202 valence electrons. The average Bonchev–Trinajstić information content (AvgIpc) is 3.35. The van der Waals surface area contributed by atoms with Crippen LogP contribution in [0.15, 0.2) is 60.0 Å². The number of nitrogens with zero attached hydrogens (tertiary/aromatic N) is 3. The number of ether oxygens (including phenoxy) is 2. The highest BCUT2D eigenvalue weighted by Gasteiger charge is 2.24. The molecule has 0 saturated carbocycles. The molecule has 0 radical (unpaired) electrons. The van der Waals surface area contributed by atoms with E-state index in [9.17, 15) is 14.0 Å². The van der Waals surface area contributed by atoms with E-state index in [2.05, 4.69) is 4.90 Å². The van der Waals surface area contributed by atoms with Gasteiger partial charge in [-0.1, -0.05) is 12.1 Å². The monoisotopic (exact) mass is 539 g/mol. The Kier molecular flexibility index (Phi) is 9.86. The Morgan fingerprint density at radius 3 is 2.34 bits per heavy atom. The van der Waals surface area contributed by atoms with Crippen molar-refractivity contribution in [3.05, 3.63) is 87.4 Å². The molecule has 38 heavy (non-hydrogen) atoms. The molecule has 4 rings (SSSR count). The van der Waals surface area contributed by atoms with Gasteiger partial charge in [0.05, 0.1) is 26.9 Å². The van der Waals surface area contributed by atoms with E-state index in [1.807, 2.05) is 18.4 Å². The molecule has 0 unspecified atom stereocenters. The molecule has 9 heteroatoms. The number of benzene rings is 2. The van der Waals surface area contributed by atoms with Crippen molar-refractivity contribution in [1.82, 2.24) is 14.7 Å². The molecule has 2 aromatic carbocycles. The van der Waals surface area contributed by atoms with Gasteiger partial charge in [0.15, 0.2) is 0 Å². The number of amides is 2. The lowest BCUT2D eigenvalue weighted by molar-refractivity contribution is -0.133. The number of aryl methyl sites for hydroxylation is 1. The van der Waals surface area contributed by atoms with Crippen molar-refractivity contribution in [3.8, 4) is 5.75 Å². The zero-order valence-corrected chi connectivity index (χ0v) is 22.7. The summed E-state index contributed by atoms with van der Waals surface area (Å²) in [6.45, 7) is 6.71. The maximum absolute atomic E-state index is 13.8. The minimum Gasteiger partial charge on any atom is -0.497 e. The summed E-state index contributed by atoms with van der Waals surface area (Å²) in [4.78, 5) is 34.0. The van der Waals surface area contributed by atoms with Gasteiger partial charge in [-0.3, -0.25) is 14.5 Å². The highest BCUT2D eigenvalue weighted by Crippen LogP contribution is 2.20. The average molecular weight is 540 g/mol. The summed E-state index contributed by atoms with van der Waals surface area (Å²) in [7, 11) is 1.58. The van der Waals surface area contributed by atoms with Gasteiger partial charge in [-0.2, -0.15) is 0 Å². The molecule has 2 heterocycles. The molecule has 1 aliphatic rings. The van der Waals surface area contributed by atoms with Crippen LogP contribution in [-0.4, -0.2) is 79.6 Å². The van der Waals surface area contributed by atoms with Gasteiger partial charge in [0.2, 0.25) is 5.91 Å². The van der Waals surface area contributed by atoms with Crippen molar-refractivity contribution < 1.29 is 23.5 Å². The molecule has 2 amide bonds. The van der Waals surface area contributed by atoms with Crippen LogP contribution in [0, 0.1) is 12.7 Å². The minimum absolute atomic E-state index is 0.0547. The fraction of sp³-hybridized carbons (Fsp3) is 0.379. The molecule has 0 aliphatic carbocycles. The normalized spacial score (nSPS) is 13.8. The van der Waals surface area contributed by atoms with Crippen molar-refractivity contribution in [3.63, 3.8) is 0 Å². The van der Waals surface area contributed by atoms with Crippen LogP contribution < -0.4 is 4.74 Å². The highest BCUT2D eigenvalue weighted by molar-refractivity contribution is 7.10. The number of halogens is 1. The summed E-state index contributed by atoms with van der Waals surface area (Å²) in [6, 6.07) is 15.1. The van der Waals surface area contributed by atoms with Crippen LogP contribution in [0.4, 0.5) is 4.39 Å². The molecular formula is C29H34FN3O4S. The summed E-state index contributed by atoms with van der Waals surface area (Å²) in [5, 5.41) is 2.01. The summed E-state index contributed by atoms with van der Waals surface area (Å²) < 4.78 is 24.2. The van der Waals surface area contributed by atoms with Crippen molar-refractivity contribution in [2.24, 2.45) is 0 Å². The van der Waals surface area contributed by atoms with Crippen LogP contribution in [0.2, 0.25) is 0 Å². The van der Waals surface area contributed by atoms with Gasteiger partial charge in [0.25, 0.3) is 5.91 Å². The molecule has 1 aromatic heterocycles. The van der Waals surface area contributed by atoms with Gasteiger partial charge >= 0.3 is 0 Å². The number of morpholine rings is 1. The van der Waals surface area contributed by atoms with Gasteiger partial charge in [-0.15, -0.1) is 11.3 Å². The second-order valence-electron chi connectivity index (χ2n) is 9.31. The Bertz CT molecular complexity index is 1190. The van der Waals surface area contributed by atoms with Crippen LogP contribution in [-0.2, 0) is 22.6 Å². The maximum Gasteiger partial charge on any atom is 0.254 e. The van der Waals surface area contributed by atoms with E-state index in [1.54, 1.807) is 64.6 Å². The summed E-state index contributed by atoms with van der Waals surface area (Å²) >= 11 is 1.60. The first-order valence-electron chi connectivity index (χ1n) is 12.7. The highest BCUT2D eigenvalue weighted by atomic mass is 32.1. The smallest absolute Gasteiger partial charge is 0.254 e. The quantitative estimate of drug-likeness (QED) is 0.366. The first-order chi connectivity index (χ1) is 18.4. The van der Waals surface area contributed by atoms with Crippen molar-refractivity contribution in [2.45, 2.75) is 20.0 Å². The Morgan fingerprint density at radius 2 is 1.71 bits per heavy atom. The first kappa shape index (κ1) is 27.8. The van der Waals surface area contributed by atoms with E-state index in [-0.39, 0.29) is 24.2 Å². The predicted octanol–water partition coefficient (Wildman–Crippen LogP) is 4.21. The Balaban J connectivity index is 1.54. The molecule has 1 aliphatic heterocycles. The zero-order valence-electron chi connectivity index (χ0n) is 21.9. The third-order valence-corrected chi connectivity index (χ3v) is 7.69. The summed E-state index contributed by atoms with van der Waals surface area (Å²) in [5.74, 6) is -0.0244. The lowest BCUT2D eigenvalue weighted by Crippen LogP contribution is -2.47. The van der Waals surface area contributed by atoms with Gasteiger partial charge < -0.3 is 19.3 Å². The molecule has 7 nitrogen and oxygen atoms in total. The van der Waals surface area contributed by atoms with E-state index >= 15 is 0 Å². The second-order valence-corrected chi connectivity index (χ2v) is 10.3. The molecule has 0 bridgehead atoms. The number of rotatable bonds is 11. The molecule has 0 atom stereocenters. The van der Waals surface area contributed by atoms with Crippen molar-refractivity contribution in [1.29, 1.82) is 0 Å². The number of hydrogen-bond acceptors (Lipinski definition) is 6. The van der Waals surface area contributed by atoms with Gasteiger partial charge in [-0.05, 0) is 65.9 Å². The van der Waals surface area contributed by atoms with Gasteiger partial charge in [0, 0.05) is 43.2 Å². The minimum atomic E-state index is -0.319. The van der Waals surface area contributed by atoms with E-state index in [0.717, 1.165) is 29.1 Å². The third kappa shape index (κ3) is 7.63. The molecule has 1 fully saturated rings. The molecule has 0 spiro atoms. The van der Waals surface area contributed by atoms with Gasteiger partial charge in [0.1, 0.15) is 18.1 Å². The fourth-order valence-corrected chi connectivity index (χ4v) is 5.22.